The number of aromatic nitrogens is 3. The predicted molar refractivity (Wildman–Crippen MR) is 164 cm³/mol. The molecule has 3 heterocycles. The van der Waals surface area contributed by atoms with Gasteiger partial charge in [0, 0.05) is 57.1 Å². The lowest BCUT2D eigenvalue weighted by Gasteiger charge is -2.34. The Hall–Kier alpha value is -3.07. The number of rotatable bonds is 11. The van der Waals surface area contributed by atoms with Crippen molar-refractivity contribution in [2.24, 2.45) is 0 Å². The number of sulfonamides is 1. The van der Waals surface area contributed by atoms with Crippen LogP contribution in [0.2, 0.25) is 0 Å². The molecule has 1 aliphatic rings. The summed E-state index contributed by atoms with van der Waals surface area (Å²) < 4.78 is 42.3. The van der Waals surface area contributed by atoms with E-state index in [1.807, 2.05) is 12.1 Å². The maximum atomic E-state index is 13.4. The highest BCUT2D eigenvalue weighted by Gasteiger charge is 2.28. The van der Waals surface area contributed by atoms with Crippen molar-refractivity contribution in [3.63, 3.8) is 0 Å². The zero-order valence-corrected chi connectivity index (χ0v) is 26.0. The Bertz CT molecular complexity index is 1760. The minimum absolute atomic E-state index is 0.122. The van der Waals surface area contributed by atoms with Gasteiger partial charge in [0.2, 0.25) is 10.0 Å². The number of fused-ring (bicyclic) bond motifs is 1. The van der Waals surface area contributed by atoms with Gasteiger partial charge in [-0.1, -0.05) is 40.2 Å². The number of nitrogens with zero attached hydrogens (tertiary/aromatic N) is 4. The topological polar surface area (TPSA) is 119 Å². The van der Waals surface area contributed by atoms with Gasteiger partial charge in [-0.25, -0.2) is 13.2 Å². The van der Waals surface area contributed by atoms with Crippen LogP contribution in [0.4, 0.5) is 0 Å². The Balaban J connectivity index is 1.35. The van der Waals surface area contributed by atoms with E-state index in [2.05, 4.69) is 37.9 Å². The van der Waals surface area contributed by atoms with Gasteiger partial charge in [-0.15, -0.1) is 0 Å². The number of H-pyrrole nitrogens is 1. The fourth-order valence-corrected chi connectivity index (χ4v) is 6.84. The second-order valence-electron chi connectivity index (χ2n) is 10.2. The van der Waals surface area contributed by atoms with Gasteiger partial charge in [-0.2, -0.15) is 4.31 Å². The summed E-state index contributed by atoms with van der Waals surface area (Å²) in [5.74, 6) is 0. The molecule has 0 bridgehead atoms. The first-order valence-electron chi connectivity index (χ1n) is 13.6. The first kappa shape index (κ1) is 30.4. The third kappa shape index (κ3) is 6.31. The highest BCUT2D eigenvalue weighted by atomic mass is 79.9. The van der Waals surface area contributed by atoms with Crippen molar-refractivity contribution < 1.29 is 17.9 Å². The summed E-state index contributed by atoms with van der Waals surface area (Å²) in [4.78, 5) is 31.9. The number of methoxy groups -OCH3 is 2. The predicted octanol–water partition coefficient (Wildman–Crippen LogP) is 2.72. The van der Waals surface area contributed by atoms with Crippen molar-refractivity contribution in [1.82, 2.24) is 23.3 Å². The van der Waals surface area contributed by atoms with Gasteiger partial charge in [0.25, 0.3) is 5.56 Å². The standard InChI is InChI=1S/C29H34BrN5O6S/c1-40-17-15-34-26-19-25(31-27(26)28(36)35(29(34)37)16-18-41-2)22-5-9-24(10-6-22)42(38,39)33-13-11-32(12-14-33)20-21-3-7-23(30)8-4-21/h3-10,19,31H,11-18,20H2,1-2H3. The van der Waals surface area contributed by atoms with E-state index in [0.29, 0.717) is 49.6 Å². The third-order valence-electron chi connectivity index (χ3n) is 7.50. The van der Waals surface area contributed by atoms with Crippen LogP contribution < -0.4 is 11.2 Å². The minimum atomic E-state index is -3.67. The van der Waals surface area contributed by atoms with Gasteiger partial charge in [0.05, 0.1) is 36.7 Å². The minimum Gasteiger partial charge on any atom is -0.383 e. The van der Waals surface area contributed by atoms with E-state index in [9.17, 15) is 18.0 Å². The number of piperazine rings is 1. The SMILES string of the molecule is COCCn1c(=O)c2[nH]c(-c3ccc(S(=O)(=O)N4CCN(Cc5ccc(Br)cc5)CC4)cc3)cc2n(CCOC)c1=O. The van der Waals surface area contributed by atoms with E-state index in [1.165, 1.54) is 21.5 Å². The molecule has 0 saturated carbocycles. The molecule has 2 aromatic heterocycles. The number of aromatic amines is 1. The van der Waals surface area contributed by atoms with Crippen LogP contribution in [0, 0.1) is 0 Å². The lowest BCUT2D eigenvalue weighted by atomic mass is 10.1. The Morgan fingerprint density at radius 1 is 0.857 bits per heavy atom. The van der Waals surface area contributed by atoms with E-state index >= 15 is 0 Å². The summed E-state index contributed by atoms with van der Waals surface area (Å²) in [7, 11) is -0.610. The van der Waals surface area contributed by atoms with Crippen LogP contribution in [0.25, 0.3) is 22.3 Å². The molecule has 13 heteroatoms. The second kappa shape index (κ2) is 13.1. The molecule has 0 radical (unpaired) electrons. The Morgan fingerprint density at radius 2 is 1.48 bits per heavy atom. The quantitative estimate of drug-likeness (QED) is 0.263. The molecule has 1 N–H and O–H groups in total. The van der Waals surface area contributed by atoms with Crippen LogP contribution in [-0.2, 0) is 39.1 Å². The Labute approximate surface area is 252 Å². The second-order valence-corrected chi connectivity index (χ2v) is 13.0. The molecule has 0 unspecified atom stereocenters. The van der Waals surface area contributed by atoms with E-state index in [0.717, 1.165) is 15.6 Å². The summed E-state index contributed by atoms with van der Waals surface area (Å²) in [5, 5.41) is 0. The van der Waals surface area contributed by atoms with Crippen molar-refractivity contribution in [3.8, 4) is 11.3 Å². The number of ether oxygens (including phenoxy) is 2. The molecule has 1 aliphatic heterocycles. The van der Waals surface area contributed by atoms with Gasteiger partial charge >= 0.3 is 5.69 Å². The Morgan fingerprint density at radius 3 is 2.10 bits per heavy atom. The molecule has 0 atom stereocenters. The lowest BCUT2D eigenvalue weighted by molar-refractivity contribution is 0.179. The molecular weight excluding hydrogens is 626 g/mol. The molecule has 1 saturated heterocycles. The highest BCUT2D eigenvalue weighted by Crippen LogP contribution is 2.26. The molecule has 5 rings (SSSR count). The van der Waals surface area contributed by atoms with E-state index in [4.69, 9.17) is 9.47 Å². The Kier molecular flexibility index (Phi) is 9.45. The fourth-order valence-electron chi connectivity index (χ4n) is 5.16. The zero-order valence-electron chi connectivity index (χ0n) is 23.6. The molecule has 224 valence electrons. The molecule has 42 heavy (non-hydrogen) atoms. The van der Waals surface area contributed by atoms with Crippen LogP contribution >= 0.6 is 15.9 Å². The van der Waals surface area contributed by atoms with Crippen molar-refractivity contribution >= 4 is 37.0 Å². The summed E-state index contributed by atoms with van der Waals surface area (Å²) >= 11 is 3.45. The van der Waals surface area contributed by atoms with Crippen LogP contribution in [0.15, 0.2) is 73.6 Å². The molecule has 2 aromatic carbocycles. The number of hydrogen-bond donors (Lipinski definition) is 1. The van der Waals surface area contributed by atoms with Crippen molar-refractivity contribution in [3.05, 3.63) is 85.5 Å². The smallest absolute Gasteiger partial charge is 0.331 e. The van der Waals surface area contributed by atoms with E-state index in [-0.39, 0.29) is 30.1 Å². The van der Waals surface area contributed by atoms with E-state index < -0.39 is 21.3 Å². The van der Waals surface area contributed by atoms with Crippen LogP contribution in [0.1, 0.15) is 5.56 Å². The monoisotopic (exact) mass is 659 g/mol. The average Bonchev–Trinajstić information content (AvgIpc) is 3.44. The largest absolute Gasteiger partial charge is 0.383 e. The van der Waals surface area contributed by atoms with E-state index in [1.54, 1.807) is 37.4 Å². The molecule has 4 aromatic rings. The summed E-state index contributed by atoms with van der Waals surface area (Å²) in [6, 6.07) is 16.5. The first-order chi connectivity index (χ1) is 20.2. The number of benzene rings is 2. The van der Waals surface area contributed by atoms with Crippen LogP contribution in [0.3, 0.4) is 0 Å². The fraction of sp³-hybridized carbons (Fsp3) is 0.379. The normalized spacial score (nSPS) is 15.0. The van der Waals surface area contributed by atoms with Gasteiger partial charge in [-0.05, 0) is 41.5 Å². The average molecular weight is 661 g/mol. The summed E-state index contributed by atoms with van der Waals surface area (Å²) in [6.45, 7) is 3.80. The van der Waals surface area contributed by atoms with Gasteiger partial charge in [-0.3, -0.25) is 18.8 Å². The highest BCUT2D eigenvalue weighted by molar-refractivity contribution is 9.10. The molecular formula is C29H34BrN5O6S. The number of hydrogen-bond acceptors (Lipinski definition) is 7. The summed E-state index contributed by atoms with van der Waals surface area (Å²) in [5.41, 5.74) is 2.35. The van der Waals surface area contributed by atoms with Crippen LogP contribution in [-0.4, -0.2) is 85.4 Å². The first-order valence-corrected chi connectivity index (χ1v) is 15.9. The zero-order chi connectivity index (χ0) is 29.9. The molecule has 11 nitrogen and oxygen atoms in total. The van der Waals surface area contributed by atoms with Crippen molar-refractivity contribution in [2.45, 2.75) is 24.5 Å². The number of halogens is 1. The van der Waals surface area contributed by atoms with Crippen molar-refractivity contribution in [1.29, 1.82) is 0 Å². The molecule has 0 spiro atoms. The van der Waals surface area contributed by atoms with Crippen molar-refractivity contribution in [2.75, 3.05) is 53.6 Å². The van der Waals surface area contributed by atoms with Crippen LogP contribution in [0.5, 0.6) is 0 Å². The third-order valence-corrected chi connectivity index (χ3v) is 9.94. The molecule has 0 aliphatic carbocycles. The lowest BCUT2D eigenvalue weighted by Crippen LogP contribution is -2.48. The summed E-state index contributed by atoms with van der Waals surface area (Å²) in [6.07, 6.45) is 0. The maximum Gasteiger partial charge on any atom is 0.331 e. The maximum absolute atomic E-state index is 13.4. The van der Waals surface area contributed by atoms with Gasteiger partial charge in [0.1, 0.15) is 5.52 Å². The molecule has 0 amide bonds. The molecule has 1 fully saturated rings. The van der Waals surface area contributed by atoms with Gasteiger partial charge in [0.15, 0.2) is 0 Å². The number of nitrogens with one attached hydrogen (secondary N) is 1. The van der Waals surface area contributed by atoms with Gasteiger partial charge < -0.3 is 14.5 Å².